The summed E-state index contributed by atoms with van der Waals surface area (Å²) in [6, 6.07) is 14.3. The molecule has 3 aromatic rings. The van der Waals surface area contributed by atoms with Crippen molar-refractivity contribution in [3.05, 3.63) is 64.3 Å². The van der Waals surface area contributed by atoms with Gasteiger partial charge in [0.1, 0.15) is 6.07 Å². The second-order valence-corrected chi connectivity index (χ2v) is 10.5. The highest BCUT2D eigenvalue weighted by atomic mass is 16.3. The lowest BCUT2D eigenvalue weighted by atomic mass is 9.83. The average Bonchev–Trinajstić information content (AvgIpc) is 3.26. The quantitative estimate of drug-likeness (QED) is 0.478. The fraction of sp³-hybridized carbons (Fsp3) is 0.379. The van der Waals surface area contributed by atoms with E-state index in [-0.39, 0.29) is 6.61 Å². The number of nitrogens with one attached hydrogen (secondary N) is 2. The number of aliphatic hydroxyl groups excluding tert-OH is 1. The lowest BCUT2D eigenvalue weighted by molar-refractivity contribution is 0.219. The summed E-state index contributed by atoms with van der Waals surface area (Å²) in [5.74, 6) is 0.810. The third kappa shape index (κ3) is 4.62. The largest absolute Gasteiger partial charge is 0.395 e. The maximum absolute atomic E-state index is 10.0. The van der Waals surface area contributed by atoms with Gasteiger partial charge in [-0.25, -0.2) is 9.97 Å². The van der Waals surface area contributed by atoms with Crippen molar-refractivity contribution in [3.8, 4) is 23.4 Å². The second-order valence-electron chi connectivity index (χ2n) is 10.5. The van der Waals surface area contributed by atoms with E-state index in [0.717, 1.165) is 59.6 Å². The van der Waals surface area contributed by atoms with E-state index in [1.165, 1.54) is 0 Å². The van der Waals surface area contributed by atoms with Gasteiger partial charge < -0.3 is 20.6 Å². The van der Waals surface area contributed by atoms with Crippen LogP contribution in [0.2, 0.25) is 0 Å². The molecule has 188 valence electrons. The van der Waals surface area contributed by atoms with E-state index in [1.807, 2.05) is 38.1 Å². The molecule has 3 N–H and O–H groups in total. The zero-order chi connectivity index (χ0) is 26.2. The molecule has 2 aliphatic heterocycles. The Labute approximate surface area is 217 Å². The van der Waals surface area contributed by atoms with Crippen LogP contribution in [-0.2, 0) is 5.41 Å². The molecule has 5 rings (SSSR count). The standard InChI is InChI=1S/C29H31N7O/c1-18-10-23(19-5-8-36(3)9-6-19)21(14-30)13-26(18)35-28-32-7-4-25(34-28)20-11-22(15-31)27-24(12-20)29(2,17-37)16-33-27/h4,7,10-13,19,33,37H,5-6,8-9,16-17H2,1-3H3,(H,32,34,35)/t29-/m1/s1. The van der Waals surface area contributed by atoms with Crippen LogP contribution in [0.5, 0.6) is 0 Å². The number of rotatable bonds is 5. The highest BCUT2D eigenvalue weighted by Gasteiger charge is 2.36. The molecule has 2 aromatic carbocycles. The number of aliphatic hydroxyl groups is 1. The molecule has 1 aromatic heterocycles. The van der Waals surface area contributed by atoms with Crippen LogP contribution in [0.1, 0.15) is 53.5 Å². The highest BCUT2D eigenvalue weighted by molar-refractivity contribution is 5.76. The first-order valence-corrected chi connectivity index (χ1v) is 12.6. The molecule has 0 saturated carbocycles. The maximum Gasteiger partial charge on any atom is 0.227 e. The maximum atomic E-state index is 10.0. The molecule has 1 fully saturated rings. The molecule has 3 heterocycles. The van der Waals surface area contributed by atoms with Crippen molar-refractivity contribution in [1.82, 2.24) is 14.9 Å². The molecule has 0 radical (unpaired) electrons. The SMILES string of the molecule is Cc1cc(C2CCN(C)CC2)c(C#N)cc1Nc1nccc(-c2cc(C#N)c3c(c2)[C@@](C)(CO)CN3)n1. The van der Waals surface area contributed by atoms with Crippen LogP contribution in [0.15, 0.2) is 36.5 Å². The molecule has 0 spiro atoms. The van der Waals surface area contributed by atoms with Gasteiger partial charge in [-0.1, -0.05) is 13.0 Å². The number of benzene rings is 2. The van der Waals surface area contributed by atoms with Crippen molar-refractivity contribution in [1.29, 1.82) is 10.5 Å². The molecular weight excluding hydrogens is 462 g/mol. The monoisotopic (exact) mass is 493 g/mol. The molecular formula is C29H31N7O. The van der Waals surface area contributed by atoms with E-state index in [0.29, 0.717) is 35.2 Å². The van der Waals surface area contributed by atoms with Gasteiger partial charge in [0, 0.05) is 29.4 Å². The number of aromatic nitrogens is 2. The normalized spacial score (nSPS) is 19.5. The van der Waals surface area contributed by atoms with Crippen molar-refractivity contribution in [2.24, 2.45) is 0 Å². The number of aryl methyl sites for hydroxylation is 1. The van der Waals surface area contributed by atoms with Crippen molar-refractivity contribution >= 4 is 17.3 Å². The Morgan fingerprint density at radius 1 is 1.16 bits per heavy atom. The van der Waals surface area contributed by atoms with Crippen LogP contribution < -0.4 is 10.6 Å². The fourth-order valence-electron chi connectivity index (χ4n) is 5.38. The van der Waals surface area contributed by atoms with Crippen LogP contribution in [0, 0.1) is 29.6 Å². The first kappa shape index (κ1) is 24.7. The summed E-state index contributed by atoms with van der Waals surface area (Å²) in [4.78, 5) is 11.5. The number of nitrogens with zero attached hydrogens (tertiary/aromatic N) is 5. The average molecular weight is 494 g/mol. The van der Waals surface area contributed by atoms with Gasteiger partial charge in [0.2, 0.25) is 5.95 Å². The molecule has 0 unspecified atom stereocenters. The number of likely N-dealkylation sites (tertiary alicyclic amines) is 1. The van der Waals surface area contributed by atoms with Crippen LogP contribution >= 0.6 is 0 Å². The number of anilines is 3. The van der Waals surface area contributed by atoms with Crippen molar-refractivity contribution in [2.75, 3.05) is 43.9 Å². The predicted molar refractivity (Wildman–Crippen MR) is 144 cm³/mol. The van der Waals surface area contributed by atoms with Gasteiger partial charge in [-0.15, -0.1) is 0 Å². The summed E-state index contributed by atoms with van der Waals surface area (Å²) >= 11 is 0. The van der Waals surface area contributed by atoms with Gasteiger partial charge in [0.25, 0.3) is 0 Å². The summed E-state index contributed by atoms with van der Waals surface area (Å²) in [6.45, 7) is 6.65. The minimum Gasteiger partial charge on any atom is -0.395 e. The lowest BCUT2D eigenvalue weighted by Crippen LogP contribution is -2.29. The van der Waals surface area contributed by atoms with Gasteiger partial charge in [-0.05, 0) is 86.8 Å². The lowest BCUT2D eigenvalue weighted by Gasteiger charge is -2.30. The smallest absolute Gasteiger partial charge is 0.227 e. The van der Waals surface area contributed by atoms with E-state index < -0.39 is 5.41 Å². The van der Waals surface area contributed by atoms with E-state index in [4.69, 9.17) is 4.98 Å². The van der Waals surface area contributed by atoms with Gasteiger partial charge in [-0.2, -0.15) is 10.5 Å². The molecule has 0 amide bonds. The Morgan fingerprint density at radius 3 is 2.62 bits per heavy atom. The van der Waals surface area contributed by atoms with Crippen LogP contribution in [0.3, 0.4) is 0 Å². The van der Waals surface area contributed by atoms with Crippen LogP contribution in [-0.4, -0.2) is 53.3 Å². The Balaban J connectivity index is 1.46. The molecule has 0 bridgehead atoms. The van der Waals surface area contributed by atoms with Crippen molar-refractivity contribution in [3.63, 3.8) is 0 Å². The number of piperidine rings is 1. The van der Waals surface area contributed by atoms with Crippen LogP contribution in [0.25, 0.3) is 11.3 Å². The third-order valence-corrected chi connectivity index (χ3v) is 7.79. The molecule has 1 atom stereocenters. The summed E-state index contributed by atoms with van der Waals surface area (Å²) in [5.41, 5.74) is 6.85. The van der Waals surface area contributed by atoms with Gasteiger partial charge in [0.15, 0.2) is 0 Å². The minimum atomic E-state index is -0.467. The Hall–Kier alpha value is -3.98. The summed E-state index contributed by atoms with van der Waals surface area (Å²) in [6.07, 6.45) is 3.79. The Morgan fingerprint density at radius 2 is 1.92 bits per heavy atom. The number of hydrogen-bond donors (Lipinski definition) is 3. The third-order valence-electron chi connectivity index (χ3n) is 7.79. The summed E-state index contributed by atoms with van der Waals surface area (Å²) in [7, 11) is 2.14. The first-order chi connectivity index (χ1) is 17.8. The van der Waals surface area contributed by atoms with Gasteiger partial charge in [0.05, 0.1) is 35.2 Å². The summed E-state index contributed by atoms with van der Waals surface area (Å²) in [5, 5.41) is 36.2. The van der Waals surface area contributed by atoms with E-state index in [9.17, 15) is 15.6 Å². The first-order valence-electron chi connectivity index (χ1n) is 12.6. The van der Waals surface area contributed by atoms with E-state index in [1.54, 1.807) is 6.20 Å². The van der Waals surface area contributed by atoms with Crippen molar-refractivity contribution in [2.45, 2.75) is 38.0 Å². The topological polar surface area (TPSA) is 121 Å². The minimum absolute atomic E-state index is 0.0219. The molecule has 37 heavy (non-hydrogen) atoms. The van der Waals surface area contributed by atoms with Crippen LogP contribution in [0.4, 0.5) is 17.3 Å². The number of hydrogen-bond acceptors (Lipinski definition) is 8. The Kier molecular flexibility index (Phi) is 6.55. The van der Waals surface area contributed by atoms with E-state index in [2.05, 4.69) is 45.8 Å². The molecule has 8 nitrogen and oxygen atoms in total. The number of nitriles is 2. The molecule has 0 aliphatic carbocycles. The molecule has 2 aliphatic rings. The molecule has 1 saturated heterocycles. The molecule has 8 heteroatoms. The Bertz CT molecular complexity index is 1430. The summed E-state index contributed by atoms with van der Waals surface area (Å²) < 4.78 is 0. The zero-order valence-corrected chi connectivity index (χ0v) is 21.5. The van der Waals surface area contributed by atoms with Gasteiger partial charge in [-0.3, -0.25) is 0 Å². The fourth-order valence-corrected chi connectivity index (χ4v) is 5.38. The van der Waals surface area contributed by atoms with Gasteiger partial charge >= 0.3 is 0 Å². The predicted octanol–water partition coefficient (Wildman–Crippen LogP) is 4.42. The number of fused-ring (bicyclic) bond motifs is 1. The van der Waals surface area contributed by atoms with Crippen molar-refractivity contribution < 1.29 is 5.11 Å². The highest BCUT2D eigenvalue weighted by Crippen LogP contribution is 2.41. The second kappa shape index (κ2) is 9.82. The zero-order valence-electron chi connectivity index (χ0n) is 21.5. The van der Waals surface area contributed by atoms with E-state index >= 15 is 0 Å².